The van der Waals surface area contributed by atoms with Gasteiger partial charge in [0.15, 0.2) is 0 Å². The Labute approximate surface area is 82.0 Å². The third-order valence-electron chi connectivity index (χ3n) is 3.45. The number of likely N-dealkylation sites (N-methyl/N-ethyl adjacent to an activating group) is 1. The summed E-state index contributed by atoms with van der Waals surface area (Å²) in [6.07, 6.45) is 1.30. The molecule has 0 bridgehead atoms. The Bertz CT molecular complexity index is 528. The Kier molecular flexibility index (Phi) is 0.955. The summed E-state index contributed by atoms with van der Waals surface area (Å²) in [7, 11) is 2.15. The van der Waals surface area contributed by atoms with Crippen molar-refractivity contribution in [3.8, 4) is 0 Å². The number of nitrogens with zero attached hydrogens (tertiary/aromatic N) is 3. The molecule has 4 rings (SSSR count). The fourth-order valence-electron chi connectivity index (χ4n) is 2.62. The second kappa shape index (κ2) is 1.95. The second-order valence-electron chi connectivity index (χ2n) is 4.25. The van der Waals surface area contributed by atoms with E-state index in [-0.39, 0.29) is 0 Å². The van der Waals surface area contributed by atoms with Crippen LogP contribution in [0.3, 0.4) is 0 Å². The standard InChI is InChI=1S/C11H11N3/c1-13-9-6-10(9)14-8-5-3-2-4-7(8)12-11(13)14/h2-5,9-10H,6H2,1H3/t9?,10-/m1/s1. The molecule has 2 aliphatic rings. The van der Waals surface area contributed by atoms with Crippen LogP contribution in [0.4, 0.5) is 5.95 Å². The van der Waals surface area contributed by atoms with E-state index in [2.05, 4.69) is 45.8 Å². The number of fused-ring (bicyclic) bond motifs is 5. The van der Waals surface area contributed by atoms with Crippen molar-refractivity contribution in [2.45, 2.75) is 18.5 Å². The van der Waals surface area contributed by atoms with E-state index in [9.17, 15) is 0 Å². The van der Waals surface area contributed by atoms with Gasteiger partial charge in [-0.3, -0.25) is 0 Å². The Balaban J connectivity index is 2.13. The minimum atomic E-state index is 0.697. The van der Waals surface area contributed by atoms with E-state index >= 15 is 0 Å². The van der Waals surface area contributed by atoms with E-state index in [1.807, 2.05) is 0 Å². The average molecular weight is 185 g/mol. The summed E-state index contributed by atoms with van der Waals surface area (Å²) in [5.41, 5.74) is 2.42. The summed E-state index contributed by atoms with van der Waals surface area (Å²) in [5, 5.41) is 0. The van der Waals surface area contributed by atoms with Crippen molar-refractivity contribution in [3.05, 3.63) is 24.3 Å². The van der Waals surface area contributed by atoms with Crippen LogP contribution in [0.2, 0.25) is 0 Å². The highest BCUT2D eigenvalue weighted by atomic mass is 15.4. The Morgan fingerprint density at radius 1 is 1.29 bits per heavy atom. The van der Waals surface area contributed by atoms with Gasteiger partial charge in [-0.2, -0.15) is 0 Å². The van der Waals surface area contributed by atoms with Gasteiger partial charge < -0.3 is 9.47 Å². The molecule has 2 atom stereocenters. The summed E-state index contributed by atoms with van der Waals surface area (Å²) in [6.45, 7) is 0. The van der Waals surface area contributed by atoms with Gasteiger partial charge in [0.2, 0.25) is 5.95 Å². The van der Waals surface area contributed by atoms with Gasteiger partial charge in [-0.1, -0.05) is 12.1 Å². The van der Waals surface area contributed by atoms with Gasteiger partial charge in [-0.05, 0) is 18.6 Å². The molecule has 14 heavy (non-hydrogen) atoms. The minimum Gasteiger partial charge on any atom is -0.340 e. The number of para-hydroxylation sites is 2. The van der Waals surface area contributed by atoms with Crippen molar-refractivity contribution in [2.75, 3.05) is 11.9 Å². The molecule has 3 heteroatoms. The van der Waals surface area contributed by atoms with Crippen molar-refractivity contribution in [2.24, 2.45) is 0 Å². The van der Waals surface area contributed by atoms with E-state index in [0.29, 0.717) is 6.04 Å². The second-order valence-corrected chi connectivity index (χ2v) is 4.25. The summed E-state index contributed by atoms with van der Waals surface area (Å²) in [5.74, 6) is 1.15. The highest BCUT2D eigenvalue weighted by Gasteiger charge is 2.50. The first-order valence-corrected chi connectivity index (χ1v) is 5.06. The third-order valence-corrected chi connectivity index (χ3v) is 3.45. The summed E-state index contributed by atoms with van der Waals surface area (Å²) < 4.78 is 2.39. The molecule has 0 radical (unpaired) electrons. The van der Waals surface area contributed by atoms with E-state index in [4.69, 9.17) is 0 Å². The zero-order chi connectivity index (χ0) is 9.28. The zero-order valence-corrected chi connectivity index (χ0v) is 8.01. The number of imidazole rings is 1. The van der Waals surface area contributed by atoms with Crippen LogP contribution in [-0.2, 0) is 0 Å². The van der Waals surface area contributed by atoms with E-state index in [1.165, 1.54) is 11.9 Å². The first-order valence-electron chi connectivity index (χ1n) is 5.06. The van der Waals surface area contributed by atoms with Crippen molar-refractivity contribution in [1.82, 2.24) is 9.55 Å². The average Bonchev–Trinajstić information content (AvgIpc) is 2.82. The van der Waals surface area contributed by atoms with Crippen LogP contribution in [0.15, 0.2) is 24.3 Å². The van der Waals surface area contributed by atoms with E-state index < -0.39 is 0 Å². The molecule has 1 aliphatic heterocycles. The summed E-state index contributed by atoms with van der Waals surface area (Å²) in [6, 6.07) is 9.82. The largest absolute Gasteiger partial charge is 0.340 e. The Morgan fingerprint density at radius 2 is 2.14 bits per heavy atom. The lowest BCUT2D eigenvalue weighted by Gasteiger charge is -2.10. The van der Waals surface area contributed by atoms with Crippen LogP contribution >= 0.6 is 0 Å². The number of rotatable bonds is 0. The van der Waals surface area contributed by atoms with Gasteiger partial charge in [0.1, 0.15) is 0 Å². The molecule has 1 fully saturated rings. The minimum absolute atomic E-state index is 0.697. The molecule has 0 amide bonds. The van der Waals surface area contributed by atoms with Crippen molar-refractivity contribution in [1.29, 1.82) is 0 Å². The first kappa shape index (κ1) is 6.87. The molecule has 0 N–H and O–H groups in total. The lowest BCUT2D eigenvalue weighted by Crippen LogP contribution is -2.17. The fraction of sp³-hybridized carbons (Fsp3) is 0.364. The van der Waals surface area contributed by atoms with E-state index in [1.54, 1.807) is 0 Å². The normalized spacial score (nSPS) is 27.9. The molecule has 1 aromatic carbocycles. The topological polar surface area (TPSA) is 21.1 Å². The van der Waals surface area contributed by atoms with Crippen LogP contribution in [0.5, 0.6) is 0 Å². The molecule has 1 unspecified atom stereocenters. The maximum atomic E-state index is 4.64. The van der Waals surface area contributed by atoms with E-state index in [0.717, 1.165) is 17.5 Å². The molecule has 1 aromatic heterocycles. The molecule has 2 aromatic rings. The van der Waals surface area contributed by atoms with Gasteiger partial charge >= 0.3 is 0 Å². The van der Waals surface area contributed by atoms with Gasteiger partial charge in [0.05, 0.1) is 23.1 Å². The Hall–Kier alpha value is -1.51. The summed E-state index contributed by atoms with van der Waals surface area (Å²) in [4.78, 5) is 6.95. The van der Waals surface area contributed by atoms with Gasteiger partial charge in [0, 0.05) is 7.05 Å². The number of anilines is 1. The predicted octanol–water partition coefficient (Wildman–Crippen LogP) is 1.80. The SMILES string of the molecule is CN1c2nc3ccccc3n2[C@@H]2CC21. The third kappa shape index (κ3) is 0.606. The number of hydrogen-bond acceptors (Lipinski definition) is 2. The number of hydrogen-bond donors (Lipinski definition) is 0. The lowest BCUT2D eigenvalue weighted by atomic mass is 10.3. The lowest BCUT2D eigenvalue weighted by molar-refractivity contribution is 0.809. The molecule has 0 saturated heterocycles. The molecule has 3 nitrogen and oxygen atoms in total. The number of benzene rings is 1. The summed E-state index contributed by atoms with van der Waals surface area (Å²) >= 11 is 0. The monoisotopic (exact) mass is 185 g/mol. The van der Waals surface area contributed by atoms with Gasteiger partial charge in [-0.25, -0.2) is 4.98 Å². The highest BCUT2D eigenvalue weighted by Crippen LogP contribution is 2.51. The maximum Gasteiger partial charge on any atom is 0.206 e. The quantitative estimate of drug-likeness (QED) is 0.624. The molecule has 1 aliphatic carbocycles. The zero-order valence-electron chi connectivity index (χ0n) is 8.01. The smallest absolute Gasteiger partial charge is 0.206 e. The molecular weight excluding hydrogens is 174 g/mol. The van der Waals surface area contributed by atoms with Crippen LogP contribution < -0.4 is 4.90 Å². The van der Waals surface area contributed by atoms with Crippen LogP contribution in [0, 0.1) is 0 Å². The van der Waals surface area contributed by atoms with Gasteiger partial charge in [-0.15, -0.1) is 0 Å². The molecule has 0 spiro atoms. The first-order chi connectivity index (χ1) is 6.86. The van der Waals surface area contributed by atoms with Crippen LogP contribution in [-0.4, -0.2) is 22.6 Å². The highest BCUT2D eigenvalue weighted by molar-refractivity contribution is 5.80. The molecule has 1 saturated carbocycles. The van der Waals surface area contributed by atoms with Crippen LogP contribution in [0.1, 0.15) is 12.5 Å². The molecule has 70 valence electrons. The Morgan fingerprint density at radius 3 is 3.07 bits per heavy atom. The fourth-order valence-corrected chi connectivity index (χ4v) is 2.62. The number of aromatic nitrogens is 2. The predicted molar refractivity (Wildman–Crippen MR) is 55.6 cm³/mol. The maximum absolute atomic E-state index is 4.64. The van der Waals surface area contributed by atoms with Crippen molar-refractivity contribution < 1.29 is 0 Å². The van der Waals surface area contributed by atoms with Gasteiger partial charge in [0.25, 0.3) is 0 Å². The molecule has 2 heterocycles. The van der Waals surface area contributed by atoms with Crippen molar-refractivity contribution >= 4 is 17.0 Å². The van der Waals surface area contributed by atoms with Crippen molar-refractivity contribution in [3.63, 3.8) is 0 Å². The van der Waals surface area contributed by atoms with Crippen LogP contribution in [0.25, 0.3) is 11.0 Å². The molecular formula is C11H11N3.